The number of amides is 1. The predicted octanol–water partition coefficient (Wildman–Crippen LogP) is -1.37. The quantitative estimate of drug-likeness (QED) is 0.574. The number of ether oxygens (including phenoxy) is 1. The van der Waals surface area contributed by atoms with Gasteiger partial charge in [0.05, 0.1) is 12.2 Å². The summed E-state index contributed by atoms with van der Waals surface area (Å²) in [4.78, 5) is 11.1. The average molecular weight is 281 g/mol. The van der Waals surface area contributed by atoms with Crippen molar-refractivity contribution in [2.75, 3.05) is 33.3 Å². The van der Waals surface area contributed by atoms with Crippen molar-refractivity contribution < 1.29 is 23.1 Å². The highest BCUT2D eigenvalue weighted by molar-refractivity contribution is 7.87. The lowest BCUT2D eigenvalue weighted by molar-refractivity contribution is 0.0459. The van der Waals surface area contributed by atoms with E-state index in [1.54, 1.807) is 11.6 Å². The van der Waals surface area contributed by atoms with Crippen molar-refractivity contribution in [2.24, 2.45) is 0 Å². The second-order valence-electron chi connectivity index (χ2n) is 4.23. The van der Waals surface area contributed by atoms with Gasteiger partial charge >= 0.3 is 16.3 Å². The summed E-state index contributed by atoms with van der Waals surface area (Å²) in [6.45, 7) is 2.53. The van der Waals surface area contributed by atoms with Gasteiger partial charge in [-0.1, -0.05) is 0 Å². The summed E-state index contributed by atoms with van der Waals surface area (Å²) in [5.41, 5.74) is -1.10. The number of carbonyl (C=O) groups is 1. The Morgan fingerprint density at radius 2 is 2.28 bits per heavy atom. The van der Waals surface area contributed by atoms with Gasteiger partial charge in [0.15, 0.2) is 0 Å². The van der Waals surface area contributed by atoms with Crippen LogP contribution in [0.5, 0.6) is 0 Å². The van der Waals surface area contributed by atoms with Crippen LogP contribution >= 0.6 is 0 Å². The number of nitrogens with zero attached hydrogens (tertiary/aromatic N) is 1. The third-order valence-corrected chi connectivity index (χ3v) is 4.01. The maximum absolute atomic E-state index is 11.7. The number of nitrogens with one attached hydrogen (secondary N) is 2. The van der Waals surface area contributed by atoms with Crippen LogP contribution in [0.2, 0.25) is 0 Å². The van der Waals surface area contributed by atoms with Crippen LogP contribution in [0, 0.1) is 0 Å². The van der Waals surface area contributed by atoms with Gasteiger partial charge in [0, 0.05) is 20.1 Å². The van der Waals surface area contributed by atoms with Gasteiger partial charge in [-0.3, -0.25) is 0 Å². The van der Waals surface area contributed by atoms with Crippen LogP contribution in [0.3, 0.4) is 0 Å². The van der Waals surface area contributed by atoms with Crippen molar-refractivity contribution in [1.82, 2.24) is 14.3 Å². The zero-order chi connectivity index (χ0) is 13.8. The second-order valence-corrected chi connectivity index (χ2v) is 6.01. The molecule has 0 spiro atoms. The molecule has 0 aromatic rings. The van der Waals surface area contributed by atoms with Crippen LogP contribution in [0.15, 0.2) is 0 Å². The molecule has 0 bridgehead atoms. The fraction of sp³-hybridized carbons (Fsp3) is 0.889. The van der Waals surface area contributed by atoms with Crippen molar-refractivity contribution in [3.63, 3.8) is 0 Å². The first-order chi connectivity index (χ1) is 8.29. The molecule has 0 aliphatic carbocycles. The summed E-state index contributed by atoms with van der Waals surface area (Å²) in [5, 5.41) is 13.0. The van der Waals surface area contributed by atoms with Crippen LogP contribution < -0.4 is 10.0 Å². The summed E-state index contributed by atoms with van der Waals surface area (Å²) < 4.78 is 30.6. The third-order valence-electron chi connectivity index (χ3n) is 2.64. The molecule has 0 saturated carbocycles. The molecule has 106 valence electrons. The van der Waals surface area contributed by atoms with Gasteiger partial charge in [-0.2, -0.15) is 12.7 Å². The first-order valence-corrected chi connectivity index (χ1v) is 7.07. The Bertz CT molecular complexity index is 391. The van der Waals surface area contributed by atoms with E-state index in [0.717, 1.165) is 4.31 Å². The summed E-state index contributed by atoms with van der Waals surface area (Å²) in [5.74, 6) is 0. The Morgan fingerprint density at radius 3 is 2.78 bits per heavy atom. The summed E-state index contributed by atoms with van der Waals surface area (Å²) in [7, 11) is -2.70. The highest BCUT2D eigenvalue weighted by Gasteiger charge is 2.35. The Kier molecular flexibility index (Phi) is 4.91. The summed E-state index contributed by atoms with van der Waals surface area (Å²) in [6, 6.07) is 0. The molecule has 8 nitrogen and oxygen atoms in total. The van der Waals surface area contributed by atoms with Crippen molar-refractivity contribution >= 4 is 16.3 Å². The van der Waals surface area contributed by atoms with Gasteiger partial charge in [0.2, 0.25) is 0 Å². The van der Waals surface area contributed by atoms with Gasteiger partial charge in [-0.05, 0) is 19.9 Å². The minimum atomic E-state index is -3.99. The molecule has 3 N–H and O–H groups in total. The maximum Gasteiger partial charge on any atom is 0.421 e. The molecule has 1 fully saturated rings. The van der Waals surface area contributed by atoms with Crippen LogP contribution in [0.25, 0.3) is 0 Å². The lowest BCUT2D eigenvalue weighted by Crippen LogP contribution is -2.49. The first kappa shape index (κ1) is 15.2. The highest BCUT2D eigenvalue weighted by Crippen LogP contribution is 2.16. The second kappa shape index (κ2) is 5.83. The van der Waals surface area contributed by atoms with E-state index >= 15 is 0 Å². The number of rotatable bonds is 5. The van der Waals surface area contributed by atoms with Gasteiger partial charge in [0.25, 0.3) is 0 Å². The molecule has 1 unspecified atom stereocenters. The van der Waals surface area contributed by atoms with Crippen molar-refractivity contribution in [1.29, 1.82) is 0 Å². The average Bonchev–Trinajstić information content (AvgIpc) is 2.64. The Balaban J connectivity index is 2.58. The molecular formula is C9H19N3O5S. The Hall–Kier alpha value is -0.900. The molecule has 1 rings (SSSR count). The zero-order valence-electron chi connectivity index (χ0n) is 10.5. The van der Waals surface area contributed by atoms with Crippen molar-refractivity contribution in [3.8, 4) is 0 Å². The molecule has 1 aliphatic heterocycles. The molecule has 0 radical (unpaired) electrons. The topological polar surface area (TPSA) is 108 Å². The van der Waals surface area contributed by atoms with E-state index in [4.69, 9.17) is 0 Å². The minimum Gasteiger partial charge on any atom is -0.449 e. The van der Waals surface area contributed by atoms with E-state index < -0.39 is 21.9 Å². The molecule has 0 aromatic carbocycles. The monoisotopic (exact) mass is 281 g/mol. The number of hydrogen-bond acceptors (Lipinski definition) is 6. The number of aliphatic hydroxyl groups is 1. The molecule has 1 amide bonds. The van der Waals surface area contributed by atoms with E-state index in [2.05, 4.69) is 10.1 Å². The molecule has 1 aliphatic rings. The maximum atomic E-state index is 11.7. The molecule has 0 aromatic heterocycles. The van der Waals surface area contributed by atoms with Crippen LogP contribution in [-0.2, 0) is 14.9 Å². The van der Waals surface area contributed by atoms with Gasteiger partial charge in [-0.15, -0.1) is 0 Å². The SMILES string of the molecule is CCOC(=O)NS(=O)(=O)N(C)CC1(O)CCNC1. The van der Waals surface area contributed by atoms with E-state index in [-0.39, 0.29) is 13.2 Å². The fourth-order valence-corrected chi connectivity index (χ4v) is 2.54. The Morgan fingerprint density at radius 1 is 1.61 bits per heavy atom. The standard InChI is InChI=1S/C9H19N3O5S/c1-3-17-8(13)11-18(15,16)12(2)7-9(14)4-5-10-6-9/h10,14H,3-7H2,1-2H3,(H,11,13). The number of likely N-dealkylation sites (N-methyl/N-ethyl adjacent to an activating group) is 1. The third kappa shape index (κ3) is 4.09. The lowest BCUT2D eigenvalue weighted by atomic mass is 10.0. The van der Waals surface area contributed by atoms with Crippen molar-refractivity contribution in [2.45, 2.75) is 18.9 Å². The van der Waals surface area contributed by atoms with Crippen molar-refractivity contribution in [3.05, 3.63) is 0 Å². The minimum absolute atomic E-state index is 0.0823. The zero-order valence-corrected chi connectivity index (χ0v) is 11.3. The first-order valence-electron chi connectivity index (χ1n) is 5.63. The lowest BCUT2D eigenvalue weighted by Gasteiger charge is -2.27. The Labute approximate surface area is 106 Å². The summed E-state index contributed by atoms with van der Waals surface area (Å²) >= 11 is 0. The summed E-state index contributed by atoms with van der Waals surface area (Å²) in [6.07, 6.45) is -0.562. The van der Waals surface area contributed by atoms with Gasteiger partial charge in [-0.25, -0.2) is 9.52 Å². The molecule has 18 heavy (non-hydrogen) atoms. The number of hydrogen-bond donors (Lipinski definition) is 3. The highest BCUT2D eigenvalue weighted by atomic mass is 32.2. The molecular weight excluding hydrogens is 262 g/mol. The van der Waals surface area contributed by atoms with Crippen LogP contribution in [0.1, 0.15) is 13.3 Å². The van der Waals surface area contributed by atoms with E-state index in [1.807, 2.05) is 0 Å². The normalized spacial score (nSPS) is 24.2. The largest absolute Gasteiger partial charge is 0.449 e. The fourth-order valence-electron chi connectivity index (χ4n) is 1.71. The van der Waals surface area contributed by atoms with E-state index in [1.165, 1.54) is 7.05 Å². The predicted molar refractivity (Wildman–Crippen MR) is 64.1 cm³/mol. The molecule has 1 heterocycles. The van der Waals surface area contributed by atoms with Gasteiger partial charge < -0.3 is 15.2 Å². The molecule has 9 heteroatoms. The van der Waals surface area contributed by atoms with Gasteiger partial charge in [0.1, 0.15) is 0 Å². The molecule has 1 saturated heterocycles. The van der Waals surface area contributed by atoms with Crippen LogP contribution in [-0.4, -0.2) is 62.8 Å². The van der Waals surface area contributed by atoms with Crippen LogP contribution in [0.4, 0.5) is 4.79 Å². The number of β-amino-alcohol motifs (C(OH)–C–C–N with tert-alkyl or cyclic N) is 1. The smallest absolute Gasteiger partial charge is 0.421 e. The van der Waals surface area contributed by atoms with E-state index in [0.29, 0.717) is 19.5 Å². The van der Waals surface area contributed by atoms with E-state index in [9.17, 15) is 18.3 Å². The number of carbonyl (C=O) groups excluding carboxylic acids is 1. The molecule has 1 atom stereocenters.